The Morgan fingerprint density at radius 3 is 2.61 bits per heavy atom. The summed E-state index contributed by atoms with van der Waals surface area (Å²) in [5.41, 5.74) is 0.607. The molecule has 3 aromatic rings. The zero-order chi connectivity index (χ0) is 22.0. The van der Waals surface area contributed by atoms with Gasteiger partial charge in [0.2, 0.25) is 0 Å². The third-order valence-corrected chi connectivity index (χ3v) is 4.99. The number of nitrogens with zero attached hydrogens (tertiary/aromatic N) is 2. The predicted octanol–water partition coefficient (Wildman–Crippen LogP) is 5.71. The fourth-order valence-corrected chi connectivity index (χ4v) is 3.36. The number of ether oxygens (including phenoxy) is 1. The summed E-state index contributed by atoms with van der Waals surface area (Å²) in [7, 11) is 0. The van der Waals surface area contributed by atoms with E-state index in [0.29, 0.717) is 22.9 Å². The summed E-state index contributed by atoms with van der Waals surface area (Å²) in [6.45, 7) is -0.476. The van der Waals surface area contributed by atoms with Crippen molar-refractivity contribution in [1.82, 2.24) is 5.01 Å². The monoisotopic (exact) mass is 448 g/mol. The first-order chi connectivity index (χ1) is 14.8. The summed E-state index contributed by atoms with van der Waals surface area (Å²) in [5.74, 6) is -0.0262. The lowest BCUT2D eigenvalue weighted by atomic mass is 10.0. The average Bonchev–Trinajstić information content (AvgIpc) is 3.42. The molecule has 0 radical (unpaired) electrons. The molecule has 0 N–H and O–H groups in total. The molecular weight excluding hydrogens is 433 g/mol. The van der Waals surface area contributed by atoms with Gasteiger partial charge in [-0.15, -0.1) is 0 Å². The second kappa shape index (κ2) is 8.47. The number of alkyl halides is 3. The van der Waals surface area contributed by atoms with Gasteiger partial charge in [-0.2, -0.15) is 18.3 Å². The van der Waals surface area contributed by atoms with E-state index in [1.54, 1.807) is 36.4 Å². The van der Waals surface area contributed by atoms with Crippen LogP contribution in [0, 0.1) is 0 Å². The van der Waals surface area contributed by atoms with E-state index in [9.17, 15) is 18.0 Å². The van der Waals surface area contributed by atoms with E-state index in [-0.39, 0.29) is 5.75 Å². The van der Waals surface area contributed by atoms with Gasteiger partial charge in [-0.25, -0.2) is 5.01 Å². The number of rotatable bonds is 5. The van der Waals surface area contributed by atoms with Gasteiger partial charge in [0.15, 0.2) is 6.61 Å². The molecule has 2 aromatic carbocycles. The van der Waals surface area contributed by atoms with Crippen LogP contribution in [-0.2, 0) is 11.0 Å². The number of hydrazone groups is 1. The van der Waals surface area contributed by atoms with Crippen LogP contribution in [0.25, 0.3) is 0 Å². The van der Waals surface area contributed by atoms with Crippen molar-refractivity contribution in [2.75, 3.05) is 6.61 Å². The minimum Gasteiger partial charge on any atom is -0.484 e. The van der Waals surface area contributed by atoms with Crippen LogP contribution in [0.5, 0.6) is 5.75 Å². The lowest BCUT2D eigenvalue weighted by Crippen LogP contribution is -2.31. The first kappa shape index (κ1) is 21.0. The topological polar surface area (TPSA) is 55.0 Å². The standard InChI is InChI=1S/C22H16ClF3N2O3/c23-16-8-6-14(7-9-16)18-12-19(20-5-2-10-30-20)28(27-18)21(29)13-31-17-4-1-3-15(11-17)22(24,25)26/h1-11,19H,12-13H2/t19-/m0/s1. The van der Waals surface area contributed by atoms with Crippen LogP contribution in [0.2, 0.25) is 5.02 Å². The highest BCUT2D eigenvalue weighted by Crippen LogP contribution is 2.34. The molecule has 4 rings (SSSR count). The van der Waals surface area contributed by atoms with Crippen LogP contribution >= 0.6 is 11.6 Å². The van der Waals surface area contributed by atoms with Gasteiger partial charge in [0.1, 0.15) is 17.6 Å². The maximum absolute atomic E-state index is 12.9. The van der Waals surface area contributed by atoms with Gasteiger partial charge in [0.05, 0.1) is 17.5 Å². The van der Waals surface area contributed by atoms with Crippen LogP contribution in [0.3, 0.4) is 0 Å². The van der Waals surface area contributed by atoms with Crippen molar-refractivity contribution in [2.45, 2.75) is 18.6 Å². The van der Waals surface area contributed by atoms with Gasteiger partial charge in [-0.1, -0.05) is 29.8 Å². The molecule has 0 aliphatic carbocycles. The summed E-state index contributed by atoms with van der Waals surface area (Å²) in [6, 6.07) is 14.4. The van der Waals surface area contributed by atoms with Crippen molar-refractivity contribution in [3.05, 3.63) is 88.8 Å². The molecular formula is C22H16ClF3N2O3. The Balaban J connectivity index is 1.53. The molecule has 0 saturated carbocycles. The van der Waals surface area contributed by atoms with E-state index in [1.165, 1.54) is 23.4 Å². The number of hydrogen-bond acceptors (Lipinski definition) is 4. The highest BCUT2D eigenvalue weighted by Gasteiger charge is 2.35. The molecule has 0 fully saturated rings. The van der Waals surface area contributed by atoms with Crippen molar-refractivity contribution in [2.24, 2.45) is 5.10 Å². The van der Waals surface area contributed by atoms with Gasteiger partial charge >= 0.3 is 6.18 Å². The Bertz CT molecular complexity index is 1100. The van der Waals surface area contributed by atoms with Crippen molar-refractivity contribution in [3.8, 4) is 5.75 Å². The lowest BCUT2D eigenvalue weighted by molar-refractivity contribution is -0.137. The second-order valence-corrected chi connectivity index (χ2v) is 7.28. The maximum atomic E-state index is 12.9. The highest BCUT2D eigenvalue weighted by molar-refractivity contribution is 6.30. The van der Waals surface area contributed by atoms with Crippen molar-refractivity contribution < 1.29 is 27.1 Å². The molecule has 0 unspecified atom stereocenters. The number of carbonyl (C=O) groups is 1. The highest BCUT2D eigenvalue weighted by atomic mass is 35.5. The maximum Gasteiger partial charge on any atom is 0.416 e. The van der Waals surface area contributed by atoms with E-state index in [4.69, 9.17) is 20.8 Å². The fraction of sp³-hybridized carbons (Fsp3) is 0.182. The van der Waals surface area contributed by atoms with E-state index >= 15 is 0 Å². The Hall–Kier alpha value is -3.26. The van der Waals surface area contributed by atoms with Crippen molar-refractivity contribution >= 4 is 23.2 Å². The zero-order valence-corrected chi connectivity index (χ0v) is 16.7. The van der Waals surface area contributed by atoms with Crippen LogP contribution in [-0.4, -0.2) is 23.2 Å². The molecule has 2 heterocycles. The van der Waals surface area contributed by atoms with Crippen molar-refractivity contribution in [1.29, 1.82) is 0 Å². The van der Waals surface area contributed by atoms with E-state index in [1.807, 2.05) is 0 Å². The number of halogens is 4. The van der Waals surface area contributed by atoms with E-state index in [2.05, 4.69) is 5.10 Å². The molecule has 0 bridgehead atoms. The number of furan rings is 1. The molecule has 0 saturated heterocycles. The number of carbonyl (C=O) groups excluding carboxylic acids is 1. The first-order valence-corrected chi connectivity index (χ1v) is 9.68. The third-order valence-electron chi connectivity index (χ3n) is 4.74. The summed E-state index contributed by atoms with van der Waals surface area (Å²) in [4.78, 5) is 12.8. The lowest BCUT2D eigenvalue weighted by Gasteiger charge is -2.20. The largest absolute Gasteiger partial charge is 0.484 e. The SMILES string of the molecule is O=C(COc1cccc(C(F)(F)F)c1)N1N=C(c2ccc(Cl)cc2)C[C@H]1c1ccco1. The van der Waals surface area contributed by atoms with Crippen LogP contribution in [0.4, 0.5) is 13.2 Å². The van der Waals surface area contributed by atoms with Crippen molar-refractivity contribution in [3.63, 3.8) is 0 Å². The van der Waals surface area contributed by atoms with Crippen LogP contribution < -0.4 is 4.74 Å². The minimum atomic E-state index is -4.50. The van der Waals surface area contributed by atoms with Gasteiger partial charge < -0.3 is 9.15 Å². The molecule has 1 amide bonds. The minimum absolute atomic E-state index is 0.0566. The third kappa shape index (κ3) is 4.74. The number of benzene rings is 2. The predicted molar refractivity (Wildman–Crippen MR) is 108 cm³/mol. The molecule has 1 aromatic heterocycles. The Labute approximate surface area is 180 Å². The van der Waals surface area contributed by atoms with Gasteiger partial charge in [0.25, 0.3) is 5.91 Å². The first-order valence-electron chi connectivity index (χ1n) is 9.30. The van der Waals surface area contributed by atoms with Gasteiger partial charge in [-0.3, -0.25) is 4.79 Å². The van der Waals surface area contributed by atoms with E-state index in [0.717, 1.165) is 17.7 Å². The molecule has 160 valence electrons. The molecule has 5 nitrogen and oxygen atoms in total. The summed E-state index contributed by atoms with van der Waals surface area (Å²) < 4.78 is 49.4. The molecule has 1 aliphatic heterocycles. The summed E-state index contributed by atoms with van der Waals surface area (Å²) in [5, 5.41) is 6.25. The van der Waals surface area contributed by atoms with Gasteiger partial charge in [0, 0.05) is 11.4 Å². The van der Waals surface area contributed by atoms with E-state index < -0.39 is 30.3 Å². The summed E-state index contributed by atoms with van der Waals surface area (Å²) >= 11 is 5.94. The average molecular weight is 449 g/mol. The number of hydrogen-bond donors (Lipinski definition) is 0. The molecule has 31 heavy (non-hydrogen) atoms. The fourth-order valence-electron chi connectivity index (χ4n) is 3.23. The normalized spacial score (nSPS) is 16.3. The molecule has 1 aliphatic rings. The Kier molecular flexibility index (Phi) is 5.73. The molecule has 9 heteroatoms. The Morgan fingerprint density at radius 1 is 1.16 bits per heavy atom. The van der Waals surface area contributed by atoms with Gasteiger partial charge in [-0.05, 0) is 48.0 Å². The van der Waals surface area contributed by atoms with Crippen LogP contribution in [0.15, 0.2) is 76.4 Å². The Morgan fingerprint density at radius 2 is 1.94 bits per heavy atom. The number of amides is 1. The zero-order valence-electron chi connectivity index (χ0n) is 16.0. The quantitative estimate of drug-likeness (QED) is 0.502. The smallest absolute Gasteiger partial charge is 0.416 e. The van der Waals surface area contributed by atoms with Crippen LogP contribution in [0.1, 0.15) is 29.3 Å². The second-order valence-electron chi connectivity index (χ2n) is 6.84. The molecule has 1 atom stereocenters. The summed E-state index contributed by atoms with van der Waals surface area (Å²) in [6.07, 6.45) is -2.59. The molecule has 0 spiro atoms.